The number of carbonyl (C=O) groups excluding carboxylic acids is 1. The van der Waals surface area contributed by atoms with Crippen molar-refractivity contribution in [1.82, 2.24) is 19.4 Å². The number of benzene rings is 1. The summed E-state index contributed by atoms with van der Waals surface area (Å²) in [6, 6.07) is 1.72. The molecular formula is C26H37N6NaO3S. The molecule has 0 bridgehead atoms. The molecule has 0 radical (unpaired) electrons. The van der Waals surface area contributed by atoms with Crippen LogP contribution in [-0.2, 0) is 35.9 Å². The van der Waals surface area contributed by atoms with Gasteiger partial charge in [0.25, 0.3) is 0 Å². The first-order chi connectivity index (χ1) is 17.4. The number of hydrogen-bond acceptors (Lipinski definition) is 5. The number of aromatic nitrogens is 2. The number of fused-ring (bicyclic) bond motifs is 2. The number of hydrogen-bond donors (Lipinski definition) is 2. The predicted molar refractivity (Wildman–Crippen MR) is 147 cm³/mol. The number of amides is 2. The number of urea groups is 1. The van der Waals surface area contributed by atoms with Gasteiger partial charge in [-0.3, -0.25) is 4.68 Å². The molecule has 1 aromatic carbocycles. The second-order valence-corrected chi connectivity index (χ2v) is 12.4. The molecule has 9 nitrogen and oxygen atoms in total. The molecule has 2 amide bonds. The minimum atomic E-state index is -4.14. The van der Waals surface area contributed by atoms with E-state index in [0.29, 0.717) is 24.6 Å². The van der Waals surface area contributed by atoms with Gasteiger partial charge < -0.3 is 10.2 Å². The zero-order valence-electron chi connectivity index (χ0n) is 21.0. The molecule has 4 aliphatic rings. The van der Waals surface area contributed by atoms with Gasteiger partial charge in [0.05, 0.1) is 17.9 Å². The molecule has 6 rings (SSSR count). The Labute approximate surface area is 241 Å². The Morgan fingerprint density at radius 1 is 1.00 bits per heavy atom. The summed E-state index contributed by atoms with van der Waals surface area (Å²) in [6.07, 6.45) is 14.2. The Balaban J connectivity index is 0.00000280. The van der Waals surface area contributed by atoms with E-state index in [1.165, 1.54) is 33.0 Å². The van der Waals surface area contributed by atoms with Crippen molar-refractivity contribution < 1.29 is 13.2 Å². The van der Waals surface area contributed by atoms with Crippen LogP contribution in [0.2, 0.25) is 0 Å². The van der Waals surface area contributed by atoms with Crippen molar-refractivity contribution in [2.75, 3.05) is 29.8 Å². The fraction of sp³-hybridized carbons (Fsp3) is 0.615. The quantitative estimate of drug-likeness (QED) is 0.553. The first-order valence-electron chi connectivity index (χ1n) is 13.4. The van der Waals surface area contributed by atoms with Gasteiger partial charge in [-0.25, -0.2) is 13.8 Å². The van der Waals surface area contributed by atoms with Gasteiger partial charge >= 0.3 is 45.8 Å². The topological polar surface area (TPSA) is 99.6 Å². The second-order valence-electron chi connectivity index (χ2n) is 10.9. The third kappa shape index (κ3) is 5.32. The fourth-order valence-electron chi connectivity index (χ4n) is 6.34. The summed E-state index contributed by atoms with van der Waals surface area (Å²) >= 11 is 0. The SMILES string of the molecule is CN1CCC(N(c2cnn(C3CCC3)c2)S(=O)(=O)NC(=O)Nc2c3c(cc4c2CCC4)CCC3)CC1.[NaH]. The van der Waals surface area contributed by atoms with E-state index in [-0.39, 0.29) is 35.6 Å². The van der Waals surface area contributed by atoms with Gasteiger partial charge in [-0.15, -0.1) is 0 Å². The van der Waals surface area contributed by atoms with E-state index >= 15 is 0 Å². The standard InChI is InChI=1S/C26H36N6O3S.Na.H/c1-30-13-11-21(12-14-30)32(22-16-27-31(17-22)20-7-4-8-20)36(34,35)29-26(33)28-25-23-9-2-5-18(23)15-19-6-3-10-24(19)25;;/h15-17,20-21H,2-14H2,1H3,(H2,28,29,33);;. The van der Waals surface area contributed by atoms with E-state index in [1.807, 2.05) is 17.9 Å². The maximum atomic E-state index is 13.7. The number of nitrogens with zero attached hydrogens (tertiary/aromatic N) is 4. The Morgan fingerprint density at radius 2 is 1.65 bits per heavy atom. The van der Waals surface area contributed by atoms with E-state index < -0.39 is 16.2 Å². The zero-order valence-corrected chi connectivity index (χ0v) is 21.8. The van der Waals surface area contributed by atoms with Crippen LogP contribution in [0, 0.1) is 0 Å². The van der Waals surface area contributed by atoms with E-state index in [9.17, 15) is 13.2 Å². The van der Waals surface area contributed by atoms with Crippen LogP contribution >= 0.6 is 0 Å². The molecule has 1 saturated carbocycles. The number of likely N-dealkylation sites (tertiary alicyclic amines) is 1. The number of nitrogens with one attached hydrogen (secondary N) is 2. The summed E-state index contributed by atoms with van der Waals surface area (Å²) < 4.78 is 33.1. The second kappa shape index (κ2) is 10.9. The Kier molecular flexibility index (Phi) is 7.94. The normalized spacial score (nSPS) is 20.0. The average Bonchev–Trinajstić information content (AvgIpc) is 3.54. The number of rotatable bonds is 6. The van der Waals surface area contributed by atoms with E-state index in [4.69, 9.17) is 0 Å². The number of aryl methyl sites for hydroxylation is 2. The summed E-state index contributed by atoms with van der Waals surface area (Å²) in [5, 5.41) is 7.45. The van der Waals surface area contributed by atoms with Gasteiger partial charge in [-0.2, -0.15) is 13.5 Å². The van der Waals surface area contributed by atoms with Crippen LogP contribution in [0.3, 0.4) is 0 Å². The molecule has 1 aromatic heterocycles. The van der Waals surface area contributed by atoms with Gasteiger partial charge in [0.1, 0.15) is 0 Å². The van der Waals surface area contributed by atoms with Crippen molar-refractivity contribution in [3.05, 3.63) is 40.7 Å². The Bertz CT molecular complexity index is 1240. The molecule has 1 aliphatic heterocycles. The molecule has 37 heavy (non-hydrogen) atoms. The van der Waals surface area contributed by atoms with Crippen LogP contribution in [0.15, 0.2) is 18.5 Å². The van der Waals surface area contributed by atoms with Crippen molar-refractivity contribution in [2.45, 2.75) is 82.7 Å². The number of anilines is 2. The Morgan fingerprint density at radius 3 is 2.24 bits per heavy atom. The minimum absolute atomic E-state index is 0. The number of carbonyl (C=O) groups is 1. The van der Waals surface area contributed by atoms with Crippen LogP contribution in [0.1, 0.15) is 73.2 Å². The van der Waals surface area contributed by atoms with E-state index in [1.54, 1.807) is 6.20 Å². The molecule has 2 fully saturated rings. The molecule has 196 valence electrons. The molecule has 3 aliphatic carbocycles. The van der Waals surface area contributed by atoms with Crippen molar-refractivity contribution >= 4 is 57.2 Å². The molecule has 0 spiro atoms. The first kappa shape index (κ1) is 27.0. The van der Waals surface area contributed by atoms with Crippen LogP contribution in [0.5, 0.6) is 0 Å². The molecule has 0 unspecified atom stereocenters. The summed E-state index contributed by atoms with van der Waals surface area (Å²) in [6.45, 7) is 1.61. The third-order valence-corrected chi connectivity index (χ3v) is 9.97. The average molecular weight is 537 g/mol. The summed E-state index contributed by atoms with van der Waals surface area (Å²) in [5.41, 5.74) is 6.32. The van der Waals surface area contributed by atoms with Gasteiger partial charge in [-0.05, 0) is 113 Å². The maximum absolute atomic E-state index is 13.7. The van der Waals surface area contributed by atoms with Crippen molar-refractivity contribution in [3.63, 3.8) is 0 Å². The van der Waals surface area contributed by atoms with Gasteiger partial charge in [0.2, 0.25) is 0 Å². The first-order valence-corrected chi connectivity index (χ1v) is 14.9. The molecule has 11 heteroatoms. The monoisotopic (exact) mass is 536 g/mol. The van der Waals surface area contributed by atoms with E-state index in [0.717, 1.165) is 70.1 Å². The van der Waals surface area contributed by atoms with Gasteiger partial charge in [-0.1, -0.05) is 6.07 Å². The molecule has 2 N–H and O–H groups in total. The Hall–Kier alpha value is -1.59. The summed E-state index contributed by atoms with van der Waals surface area (Å²) in [4.78, 5) is 15.4. The molecule has 2 heterocycles. The molecule has 2 aromatic rings. The van der Waals surface area contributed by atoms with Crippen LogP contribution in [0.4, 0.5) is 16.2 Å². The number of piperidine rings is 1. The zero-order chi connectivity index (χ0) is 24.9. The van der Waals surface area contributed by atoms with Crippen molar-refractivity contribution in [3.8, 4) is 0 Å². The van der Waals surface area contributed by atoms with E-state index in [2.05, 4.69) is 26.1 Å². The van der Waals surface area contributed by atoms with Crippen LogP contribution < -0.4 is 14.3 Å². The van der Waals surface area contributed by atoms with Gasteiger partial charge in [0, 0.05) is 17.9 Å². The molecular weight excluding hydrogens is 499 g/mol. The van der Waals surface area contributed by atoms with Crippen molar-refractivity contribution in [2.24, 2.45) is 0 Å². The molecule has 1 saturated heterocycles. The summed E-state index contributed by atoms with van der Waals surface area (Å²) in [7, 11) is -2.09. The van der Waals surface area contributed by atoms with Crippen LogP contribution in [0.25, 0.3) is 0 Å². The fourth-order valence-corrected chi connectivity index (χ4v) is 7.70. The summed E-state index contributed by atoms with van der Waals surface area (Å²) in [5.74, 6) is 0. The predicted octanol–water partition coefficient (Wildman–Crippen LogP) is 2.90. The van der Waals surface area contributed by atoms with Crippen LogP contribution in [-0.4, -0.2) is 84.9 Å². The van der Waals surface area contributed by atoms with Gasteiger partial charge in [0.15, 0.2) is 0 Å². The molecule has 0 atom stereocenters. The van der Waals surface area contributed by atoms with Crippen molar-refractivity contribution in [1.29, 1.82) is 0 Å². The third-order valence-electron chi connectivity index (χ3n) is 8.50.